The lowest BCUT2D eigenvalue weighted by atomic mass is 10.0. The highest BCUT2D eigenvalue weighted by atomic mass is 79.9. The molecule has 6 heteroatoms. The van der Waals surface area contributed by atoms with Crippen LogP contribution in [0.25, 0.3) is 0 Å². The van der Waals surface area contributed by atoms with Crippen LogP contribution in [-0.2, 0) is 0 Å². The Hall–Kier alpha value is -0.750. The van der Waals surface area contributed by atoms with Gasteiger partial charge < -0.3 is 9.84 Å². The van der Waals surface area contributed by atoms with E-state index in [4.69, 9.17) is 4.74 Å². The molecule has 0 radical (unpaired) electrons. The molecule has 0 aliphatic carbocycles. The van der Waals surface area contributed by atoms with Gasteiger partial charge in [-0.05, 0) is 25.0 Å². The second-order valence-electron chi connectivity index (χ2n) is 3.88. The standard InChI is InChI=1S/C12H14BrF3O2/c1-18-10-6-2-4-8(13)11(10)9(17)5-3-7-12(14,15)16/h2,4,6,9,17H,3,5,7H2,1H3. The van der Waals surface area contributed by atoms with Crippen molar-refractivity contribution in [1.29, 1.82) is 0 Å². The maximum absolute atomic E-state index is 12.0. The molecule has 1 rings (SSSR count). The minimum absolute atomic E-state index is 0.0402. The van der Waals surface area contributed by atoms with Crippen molar-refractivity contribution < 1.29 is 23.0 Å². The Morgan fingerprint density at radius 1 is 1.39 bits per heavy atom. The summed E-state index contributed by atoms with van der Waals surface area (Å²) in [4.78, 5) is 0. The van der Waals surface area contributed by atoms with E-state index in [1.807, 2.05) is 0 Å². The lowest BCUT2D eigenvalue weighted by Crippen LogP contribution is -2.08. The molecular weight excluding hydrogens is 313 g/mol. The molecule has 1 unspecified atom stereocenters. The number of methoxy groups -OCH3 is 1. The number of ether oxygens (including phenoxy) is 1. The van der Waals surface area contributed by atoms with E-state index in [1.54, 1.807) is 18.2 Å². The maximum Gasteiger partial charge on any atom is 0.389 e. The summed E-state index contributed by atoms with van der Waals surface area (Å²) in [6.45, 7) is 0. The van der Waals surface area contributed by atoms with Gasteiger partial charge in [-0.15, -0.1) is 0 Å². The van der Waals surface area contributed by atoms with E-state index in [2.05, 4.69) is 15.9 Å². The van der Waals surface area contributed by atoms with Crippen LogP contribution in [-0.4, -0.2) is 18.4 Å². The third kappa shape index (κ3) is 4.49. The highest BCUT2D eigenvalue weighted by Crippen LogP contribution is 2.35. The van der Waals surface area contributed by atoms with Gasteiger partial charge in [0.25, 0.3) is 0 Å². The zero-order valence-electron chi connectivity index (χ0n) is 9.80. The molecule has 0 saturated heterocycles. The summed E-state index contributed by atoms with van der Waals surface area (Å²) in [7, 11) is 1.45. The molecular formula is C12H14BrF3O2. The maximum atomic E-state index is 12.0. The number of aliphatic hydroxyl groups is 1. The second kappa shape index (κ2) is 6.43. The normalized spacial score (nSPS) is 13.4. The highest BCUT2D eigenvalue weighted by Gasteiger charge is 2.27. The fourth-order valence-corrected chi connectivity index (χ4v) is 2.27. The summed E-state index contributed by atoms with van der Waals surface area (Å²) in [6.07, 6.45) is -6.12. The van der Waals surface area contributed by atoms with Gasteiger partial charge >= 0.3 is 6.18 Å². The number of rotatable bonds is 5. The van der Waals surface area contributed by atoms with E-state index < -0.39 is 18.7 Å². The number of halogens is 4. The Balaban J connectivity index is 2.69. The Morgan fingerprint density at radius 2 is 2.06 bits per heavy atom. The van der Waals surface area contributed by atoms with Crippen molar-refractivity contribution in [2.45, 2.75) is 31.5 Å². The Bertz CT molecular complexity index is 393. The molecule has 1 atom stereocenters. The van der Waals surface area contributed by atoms with Crippen LogP contribution in [0.5, 0.6) is 5.75 Å². The first-order valence-electron chi connectivity index (χ1n) is 5.42. The Kier molecular flexibility index (Phi) is 5.47. The Morgan fingerprint density at radius 3 is 2.61 bits per heavy atom. The van der Waals surface area contributed by atoms with E-state index in [0.717, 1.165) is 0 Å². The predicted molar refractivity (Wildman–Crippen MR) is 65.6 cm³/mol. The van der Waals surface area contributed by atoms with Crippen molar-refractivity contribution in [1.82, 2.24) is 0 Å². The molecule has 0 bridgehead atoms. The summed E-state index contributed by atoms with van der Waals surface area (Å²) in [5.74, 6) is 0.462. The van der Waals surface area contributed by atoms with Crippen molar-refractivity contribution >= 4 is 15.9 Å². The van der Waals surface area contributed by atoms with E-state index in [1.165, 1.54) is 7.11 Å². The first-order chi connectivity index (χ1) is 8.35. The van der Waals surface area contributed by atoms with E-state index in [9.17, 15) is 18.3 Å². The van der Waals surface area contributed by atoms with Crippen LogP contribution in [0.3, 0.4) is 0 Å². The lowest BCUT2D eigenvalue weighted by Gasteiger charge is -2.16. The molecule has 1 aromatic carbocycles. The van der Waals surface area contributed by atoms with Gasteiger partial charge in [-0.25, -0.2) is 0 Å². The third-order valence-electron chi connectivity index (χ3n) is 2.50. The first-order valence-corrected chi connectivity index (χ1v) is 6.21. The van der Waals surface area contributed by atoms with Crippen LogP contribution in [0.15, 0.2) is 22.7 Å². The molecule has 0 spiro atoms. The van der Waals surface area contributed by atoms with Gasteiger partial charge in [-0.3, -0.25) is 0 Å². The highest BCUT2D eigenvalue weighted by molar-refractivity contribution is 9.10. The molecule has 0 saturated carbocycles. The summed E-state index contributed by atoms with van der Waals surface area (Å²) in [5.41, 5.74) is 0.488. The molecule has 1 N–H and O–H groups in total. The zero-order chi connectivity index (χ0) is 13.8. The topological polar surface area (TPSA) is 29.5 Å². The Labute approximate surface area is 112 Å². The van der Waals surface area contributed by atoms with Gasteiger partial charge in [0.15, 0.2) is 0 Å². The predicted octanol–water partition coefficient (Wildman–Crippen LogP) is 4.22. The quantitative estimate of drug-likeness (QED) is 0.877. The number of hydrogen-bond donors (Lipinski definition) is 1. The molecule has 1 aromatic rings. The fourth-order valence-electron chi connectivity index (χ4n) is 1.66. The summed E-state index contributed by atoms with van der Waals surface area (Å²) in [6, 6.07) is 5.10. The third-order valence-corrected chi connectivity index (χ3v) is 3.20. The SMILES string of the molecule is COc1cccc(Br)c1C(O)CCCC(F)(F)F. The van der Waals surface area contributed by atoms with Crippen LogP contribution in [0.2, 0.25) is 0 Å². The summed E-state index contributed by atoms with van der Waals surface area (Å²) in [5, 5.41) is 9.93. The molecule has 0 amide bonds. The van der Waals surface area contributed by atoms with Gasteiger partial charge in [0.2, 0.25) is 0 Å². The van der Waals surface area contributed by atoms with Crippen LogP contribution in [0.4, 0.5) is 13.2 Å². The second-order valence-corrected chi connectivity index (χ2v) is 4.73. The molecule has 102 valence electrons. The van der Waals surface area contributed by atoms with E-state index in [-0.39, 0.29) is 12.8 Å². The van der Waals surface area contributed by atoms with Gasteiger partial charge in [0, 0.05) is 16.5 Å². The first kappa shape index (κ1) is 15.3. The van der Waals surface area contributed by atoms with Gasteiger partial charge in [-0.1, -0.05) is 22.0 Å². The molecule has 0 fully saturated rings. The monoisotopic (exact) mass is 326 g/mol. The number of aliphatic hydroxyl groups excluding tert-OH is 1. The number of benzene rings is 1. The molecule has 0 aromatic heterocycles. The fraction of sp³-hybridized carbons (Fsp3) is 0.500. The largest absolute Gasteiger partial charge is 0.496 e. The van der Waals surface area contributed by atoms with E-state index >= 15 is 0 Å². The van der Waals surface area contributed by atoms with Gasteiger partial charge in [0.05, 0.1) is 13.2 Å². The van der Waals surface area contributed by atoms with Crippen LogP contribution < -0.4 is 4.74 Å². The van der Waals surface area contributed by atoms with Crippen molar-refractivity contribution in [3.05, 3.63) is 28.2 Å². The molecule has 18 heavy (non-hydrogen) atoms. The molecule has 0 aliphatic rings. The van der Waals surface area contributed by atoms with Crippen LogP contribution in [0, 0.1) is 0 Å². The average Bonchev–Trinajstić information content (AvgIpc) is 2.26. The van der Waals surface area contributed by atoms with Crippen molar-refractivity contribution in [2.75, 3.05) is 7.11 Å². The minimum atomic E-state index is -4.18. The summed E-state index contributed by atoms with van der Waals surface area (Å²) >= 11 is 3.26. The summed E-state index contributed by atoms with van der Waals surface area (Å²) < 4.78 is 41.8. The van der Waals surface area contributed by atoms with Gasteiger partial charge in [0.1, 0.15) is 5.75 Å². The van der Waals surface area contributed by atoms with Crippen LogP contribution >= 0.6 is 15.9 Å². The molecule has 0 aliphatic heterocycles. The van der Waals surface area contributed by atoms with E-state index in [0.29, 0.717) is 15.8 Å². The minimum Gasteiger partial charge on any atom is -0.496 e. The van der Waals surface area contributed by atoms with Crippen molar-refractivity contribution in [3.8, 4) is 5.75 Å². The van der Waals surface area contributed by atoms with Crippen molar-refractivity contribution in [2.24, 2.45) is 0 Å². The molecule has 2 nitrogen and oxygen atoms in total. The van der Waals surface area contributed by atoms with Crippen molar-refractivity contribution in [3.63, 3.8) is 0 Å². The molecule has 0 heterocycles. The smallest absolute Gasteiger partial charge is 0.389 e. The number of hydrogen-bond acceptors (Lipinski definition) is 2. The average molecular weight is 327 g/mol. The lowest BCUT2D eigenvalue weighted by molar-refractivity contribution is -0.136. The van der Waals surface area contributed by atoms with Crippen LogP contribution in [0.1, 0.15) is 30.9 Å². The zero-order valence-corrected chi connectivity index (χ0v) is 11.4. The number of alkyl halides is 3. The van der Waals surface area contributed by atoms with Gasteiger partial charge in [-0.2, -0.15) is 13.2 Å².